The molecule has 6 nitrogen and oxygen atoms in total. The number of thiophene rings is 1. The van der Waals surface area contributed by atoms with Crippen LogP contribution in [0.1, 0.15) is 16.8 Å². The first-order chi connectivity index (χ1) is 13.8. The number of H-pyrrole nitrogens is 1. The zero-order valence-electron chi connectivity index (χ0n) is 15.1. The van der Waals surface area contributed by atoms with Gasteiger partial charge in [0, 0.05) is 43.2 Å². The van der Waals surface area contributed by atoms with Crippen LogP contribution in [0.25, 0.3) is 22.8 Å². The Morgan fingerprint density at radius 3 is 3.04 bits per heavy atom. The first-order valence-corrected chi connectivity index (χ1v) is 10.1. The van der Waals surface area contributed by atoms with Crippen molar-refractivity contribution in [1.82, 2.24) is 19.9 Å². The van der Waals surface area contributed by atoms with Gasteiger partial charge in [-0.15, -0.1) is 0 Å². The van der Waals surface area contributed by atoms with Crippen molar-refractivity contribution >= 4 is 11.3 Å². The molecule has 1 aliphatic rings. The van der Waals surface area contributed by atoms with Crippen molar-refractivity contribution in [2.24, 2.45) is 0 Å². The van der Waals surface area contributed by atoms with Gasteiger partial charge < -0.3 is 9.40 Å². The minimum absolute atomic E-state index is 0.0923. The zero-order valence-corrected chi connectivity index (χ0v) is 15.9. The third-order valence-corrected chi connectivity index (χ3v) is 5.67. The number of hydrogen-bond donors (Lipinski definition) is 1. The van der Waals surface area contributed by atoms with Gasteiger partial charge in [-0.3, -0.25) is 14.7 Å². The minimum Gasteiger partial charge on any atom is -0.461 e. The van der Waals surface area contributed by atoms with E-state index < -0.39 is 0 Å². The van der Waals surface area contributed by atoms with E-state index in [-0.39, 0.29) is 5.56 Å². The van der Waals surface area contributed by atoms with Crippen LogP contribution in [-0.4, -0.2) is 26.4 Å². The second-order valence-corrected chi connectivity index (χ2v) is 7.58. The lowest BCUT2D eigenvalue weighted by Crippen LogP contribution is -2.35. The highest BCUT2D eigenvalue weighted by atomic mass is 32.1. The summed E-state index contributed by atoms with van der Waals surface area (Å²) in [4.78, 5) is 27.0. The van der Waals surface area contributed by atoms with Gasteiger partial charge in [-0.25, -0.2) is 4.98 Å². The predicted octanol–water partition coefficient (Wildman–Crippen LogP) is 3.71. The summed E-state index contributed by atoms with van der Waals surface area (Å²) in [6.45, 7) is 2.17. The molecule has 0 saturated heterocycles. The number of furan rings is 1. The molecule has 0 aliphatic carbocycles. The summed E-state index contributed by atoms with van der Waals surface area (Å²) in [7, 11) is 0. The summed E-state index contributed by atoms with van der Waals surface area (Å²) in [5, 5.41) is 4.18. The Morgan fingerprint density at radius 1 is 1.25 bits per heavy atom. The number of nitrogens with zero attached hydrogens (tertiary/aromatic N) is 3. The molecule has 0 bridgehead atoms. The minimum atomic E-state index is -0.0923. The first kappa shape index (κ1) is 17.1. The molecule has 0 amide bonds. The molecule has 140 valence electrons. The summed E-state index contributed by atoms with van der Waals surface area (Å²) >= 11 is 1.67. The molecule has 0 radical (unpaired) electrons. The van der Waals surface area contributed by atoms with Crippen LogP contribution in [0.15, 0.2) is 62.8 Å². The second-order valence-electron chi connectivity index (χ2n) is 6.80. The molecule has 4 aromatic heterocycles. The van der Waals surface area contributed by atoms with Crippen molar-refractivity contribution in [3.63, 3.8) is 0 Å². The number of aromatic amines is 1. The SMILES string of the molecule is O=c1[nH]c(-c2ccco2)nc2c1CN(Cc1cccnc1-c1ccsc1)CC2. The van der Waals surface area contributed by atoms with E-state index in [4.69, 9.17) is 4.42 Å². The fourth-order valence-electron chi connectivity index (χ4n) is 3.61. The lowest BCUT2D eigenvalue weighted by Gasteiger charge is -2.28. The van der Waals surface area contributed by atoms with E-state index in [2.05, 4.69) is 42.7 Å². The highest BCUT2D eigenvalue weighted by Crippen LogP contribution is 2.26. The standard InChI is InChI=1S/C21H18N4O2S/c26-21-16-12-25(8-5-17(16)23-20(24-21)18-4-2-9-27-18)11-14-3-1-7-22-19(14)15-6-10-28-13-15/h1-4,6-7,9-10,13H,5,8,11-12H2,(H,23,24,26). The third-order valence-electron chi connectivity index (χ3n) is 4.98. The van der Waals surface area contributed by atoms with Gasteiger partial charge in [0.05, 0.1) is 23.2 Å². The number of rotatable bonds is 4. The molecular formula is C21H18N4O2S. The monoisotopic (exact) mass is 390 g/mol. The molecule has 7 heteroatoms. The molecule has 0 unspecified atom stereocenters. The molecule has 5 heterocycles. The average molecular weight is 390 g/mol. The van der Waals surface area contributed by atoms with Gasteiger partial charge in [0.25, 0.3) is 5.56 Å². The number of fused-ring (bicyclic) bond motifs is 1. The summed E-state index contributed by atoms with van der Waals surface area (Å²) in [6, 6.07) is 9.75. The average Bonchev–Trinajstić information content (AvgIpc) is 3.43. The molecule has 0 atom stereocenters. The van der Waals surface area contributed by atoms with Gasteiger partial charge in [0.15, 0.2) is 11.6 Å². The summed E-state index contributed by atoms with van der Waals surface area (Å²) < 4.78 is 5.37. The third kappa shape index (κ3) is 3.19. The molecule has 28 heavy (non-hydrogen) atoms. The maximum Gasteiger partial charge on any atom is 0.256 e. The largest absolute Gasteiger partial charge is 0.461 e. The first-order valence-electron chi connectivity index (χ1n) is 9.13. The van der Waals surface area contributed by atoms with E-state index in [9.17, 15) is 4.79 Å². The molecule has 0 saturated carbocycles. The molecule has 0 spiro atoms. The Bertz CT molecular complexity index is 1150. The predicted molar refractivity (Wildman–Crippen MR) is 108 cm³/mol. The van der Waals surface area contributed by atoms with Crippen molar-refractivity contribution in [2.75, 3.05) is 6.54 Å². The highest BCUT2D eigenvalue weighted by Gasteiger charge is 2.23. The Hall–Kier alpha value is -3.03. The normalized spacial score (nSPS) is 14.1. The Labute approximate surface area is 165 Å². The highest BCUT2D eigenvalue weighted by molar-refractivity contribution is 7.08. The van der Waals surface area contributed by atoms with E-state index in [0.29, 0.717) is 18.1 Å². The molecule has 4 aromatic rings. The van der Waals surface area contributed by atoms with E-state index in [1.165, 1.54) is 5.56 Å². The van der Waals surface area contributed by atoms with Crippen LogP contribution < -0.4 is 5.56 Å². The number of aromatic nitrogens is 3. The lowest BCUT2D eigenvalue weighted by atomic mass is 10.0. The van der Waals surface area contributed by atoms with Crippen molar-refractivity contribution in [1.29, 1.82) is 0 Å². The topological polar surface area (TPSA) is 75.0 Å². The van der Waals surface area contributed by atoms with Crippen LogP contribution in [0.4, 0.5) is 0 Å². The summed E-state index contributed by atoms with van der Waals surface area (Å²) in [5.41, 5.74) is 4.82. The quantitative estimate of drug-likeness (QED) is 0.575. The van der Waals surface area contributed by atoms with Crippen LogP contribution in [0, 0.1) is 0 Å². The molecule has 0 fully saturated rings. The van der Waals surface area contributed by atoms with E-state index in [0.717, 1.165) is 42.0 Å². The Morgan fingerprint density at radius 2 is 2.21 bits per heavy atom. The van der Waals surface area contributed by atoms with Gasteiger partial charge in [0.2, 0.25) is 0 Å². The molecule has 1 aliphatic heterocycles. The fourth-order valence-corrected chi connectivity index (χ4v) is 4.25. The fraction of sp³-hybridized carbons (Fsp3) is 0.190. The number of nitrogens with one attached hydrogen (secondary N) is 1. The summed E-state index contributed by atoms with van der Waals surface area (Å²) in [6.07, 6.45) is 4.14. The van der Waals surface area contributed by atoms with Crippen LogP contribution in [0.2, 0.25) is 0 Å². The molecule has 0 aromatic carbocycles. The zero-order chi connectivity index (χ0) is 18.9. The number of hydrogen-bond acceptors (Lipinski definition) is 6. The van der Waals surface area contributed by atoms with Gasteiger partial charge in [-0.05, 0) is 35.2 Å². The number of pyridine rings is 1. The van der Waals surface area contributed by atoms with Gasteiger partial charge in [-0.1, -0.05) is 6.07 Å². The van der Waals surface area contributed by atoms with Gasteiger partial charge >= 0.3 is 0 Å². The smallest absolute Gasteiger partial charge is 0.256 e. The Balaban J connectivity index is 1.41. The van der Waals surface area contributed by atoms with Crippen molar-refractivity contribution < 1.29 is 4.42 Å². The summed E-state index contributed by atoms with van der Waals surface area (Å²) in [5.74, 6) is 1.08. The molecule has 1 N–H and O–H groups in total. The van der Waals surface area contributed by atoms with E-state index in [1.54, 1.807) is 29.7 Å². The van der Waals surface area contributed by atoms with Crippen molar-refractivity contribution in [2.45, 2.75) is 19.5 Å². The Kier molecular flexibility index (Phi) is 4.38. The molecular weight excluding hydrogens is 372 g/mol. The molecule has 5 rings (SSSR count). The maximum atomic E-state index is 12.7. The van der Waals surface area contributed by atoms with Crippen LogP contribution in [0.3, 0.4) is 0 Å². The van der Waals surface area contributed by atoms with Crippen LogP contribution in [-0.2, 0) is 19.5 Å². The van der Waals surface area contributed by atoms with E-state index in [1.807, 2.05) is 12.3 Å². The van der Waals surface area contributed by atoms with Crippen molar-refractivity contribution in [3.05, 3.63) is 80.7 Å². The maximum absolute atomic E-state index is 12.7. The van der Waals surface area contributed by atoms with Crippen LogP contribution in [0.5, 0.6) is 0 Å². The van der Waals surface area contributed by atoms with Gasteiger partial charge in [-0.2, -0.15) is 11.3 Å². The van der Waals surface area contributed by atoms with Crippen LogP contribution >= 0.6 is 11.3 Å². The lowest BCUT2D eigenvalue weighted by molar-refractivity contribution is 0.242. The van der Waals surface area contributed by atoms with E-state index >= 15 is 0 Å². The van der Waals surface area contributed by atoms with Crippen molar-refractivity contribution in [3.8, 4) is 22.8 Å². The van der Waals surface area contributed by atoms with Gasteiger partial charge in [0.1, 0.15) is 0 Å². The second kappa shape index (κ2) is 7.18.